The summed E-state index contributed by atoms with van der Waals surface area (Å²) in [6.07, 6.45) is 2.94. The number of anilines is 1. The molecular formula is C19H35IN4OS. The molecule has 1 aliphatic heterocycles. The second-order valence-electron chi connectivity index (χ2n) is 6.78. The molecule has 0 amide bonds. The van der Waals surface area contributed by atoms with Gasteiger partial charge in [-0.05, 0) is 49.1 Å². The molecule has 1 saturated heterocycles. The fourth-order valence-corrected chi connectivity index (χ4v) is 4.19. The van der Waals surface area contributed by atoms with E-state index >= 15 is 0 Å². The lowest BCUT2D eigenvalue weighted by Crippen LogP contribution is -2.52. The number of aliphatic hydroxyl groups is 1. The van der Waals surface area contributed by atoms with Gasteiger partial charge in [-0.2, -0.15) is 0 Å². The molecule has 2 rings (SSSR count). The number of hydrogen-bond acceptors (Lipinski definition) is 4. The van der Waals surface area contributed by atoms with Crippen LogP contribution in [0.1, 0.15) is 40.0 Å². The fourth-order valence-electron chi connectivity index (χ4n) is 3.40. The highest BCUT2D eigenvalue weighted by Crippen LogP contribution is 2.30. The van der Waals surface area contributed by atoms with Crippen molar-refractivity contribution < 1.29 is 5.11 Å². The van der Waals surface area contributed by atoms with Crippen molar-refractivity contribution in [2.45, 2.75) is 40.0 Å². The van der Waals surface area contributed by atoms with Crippen LogP contribution < -0.4 is 10.2 Å². The molecule has 0 unspecified atom stereocenters. The lowest BCUT2D eigenvalue weighted by atomic mass is 9.79. The summed E-state index contributed by atoms with van der Waals surface area (Å²) in [5.41, 5.74) is 0.119. The van der Waals surface area contributed by atoms with E-state index in [2.05, 4.69) is 53.4 Å². The summed E-state index contributed by atoms with van der Waals surface area (Å²) >= 11 is 1.81. The molecule has 0 aliphatic carbocycles. The third-order valence-electron chi connectivity index (χ3n) is 5.44. The van der Waals surface area contributed by atoms with E-state index in [4.69, 9.17) is 4.99 Å². The van der Waals surface area contributed by atoms with E-state index in [1.54, 1.807) is 0 Å². The monoisotopic (exact) mass is 494 g/mol. The standard InChI is InChI=1S/C19H34N4OS.HI/c1-4-19(5-2,9-14-24)16-21-18(20-6-3)23-12-10-22(11-13-23)17-8-7-15-25-17;/h7-8,15,24H,4-6,9-14,16H2,1-3H3,(H,20,21);1H. The molecule has 7 heteroatoms. The van der Waals surface area contributed by atoms with E-state index in [9.17, 15) is 5.11 Å². The van der Waals surface area contributed by atoms with Crippen LogP contribution in [0.5, 0.6) is 0 Å². The highest BCUT2D eigenvalue weighted by Gasteiger charge is 2.26. The highest BCUT2D eigenvalue weighted by molar-refractivity contribution is 14.0. The molecule has 1 aromatic rings. The summed E-state index contributed by atoms with van der Waals surface area (Å²) in [6, 6.07) is 4.32. The van der Waals surface area contributed by atoms with Gasteiger partial charge in [-0.25, -0.2) is 0 Å². The number of guanidine groups is 1. The van der Waals surface area contributed by atoms with Crippen molar-refractivity contribution in [3.63, 3.8) is 0 Å². The van der Waals surface area contributed by atoms with Crippen LogP contribution in [0.25, 0.3) is 0 Å². The summed E-state index contributed by atoms with van der Waals surface area (Å²) in [5.74, 6) is 1.03. The van der Waals surface area contributed by atoms with Crippen molar-refractivity contribution in [2.24, 2.45) is 10.4 Å². The molecular weight excluding hydrogens is 459 g/mol. The van der Waals surface area contributed by atoms with Crippen LogP contribution in [-0.4, -0.2) is 61.8 Å². The lowest BCUT2D eigenvalue weighted by molar-refractivity contribution is 0.175. The lowest BCUT2D eigenvalue weighted by Gasteiger charge is -2.37. The number of piperazine rings is 1. The quantitative estimate of drug-likeness (QED) is 0.329. The van der Waals surface area contributed by atoms with Gasteiger partial charge in [-0.1, -0.05) is 13.8 Å². The van der Waals surface area contributed by atoms with Crippen molar-refractivity contribution in [3.05, 3.63) is 17.5 Å². The van der Waals surface area contributed by atoms with Crippen LogP contribution in [0.4, 0.5) is 5.00 Å². The number of nitrogens with one attached hydrogen (secondary N) is 1. The van der Waals surface area contributed by atoms with Gasteiger partial charge in [0.25, 0.3) is 0 Å². The second kappa shape index (κ2) is 12.0. The molecule has 2 heterocycles. The number of thiophene rings is 1. The highest BCUT2D eigenvalue weighted by atomic mass is 127. The first-order valence-corrected chi connectivity index (χ1v) is 10.5. The van der Waals surface area contributed by atoms with E-state index in [0.29, 0.717) is 0 Å². The molecule has 1 fully saturated rings. The van der Waals surface area contributed by atoms with Gasteiger partial charge in [0.2, 0.25) is 0 Å². The number of hydrogen-bond donors (Lipinski definition) is 2. The van der Waals surface area contributed by atoms with Gasteiger partial charge < -0.3 is 20.2 Å². The maximum atomic E-state index is 9.42. The van der Waals surface area contributed by atoms with E-state index in [1.807, 2.05) is 11.3 Å². The molecule has 26 heavy (non-hydrogen) atoms. The van der Waals surface area contributed by atoms with Crippen molar-refractivity contribution in [1.29, 1.82) is 0 Å². The van der Waals surface area contributed by atoms with Gasteiger partial charge in [0.05, 0.1) is 5.00 Å². The van der Waals surface area contributed by atoms with Gasteiger partial charge in [0.1, 0.15) is 0 Å². The van der Waals surface area contributed by atoms with Gasteiger partial charge in [-0.15, -0.1) is 35.3 Å². The molecule has 0 aromatic carbocycles. The van der Waals surface area contributed by atoms with Crippen LogP contribution in [0.15, 0.2) is 22.5 Å². The van der Waals surface area contributed by atoms with Gasteiger partial charge in [0, 0.05) is 45.9 Å². The molecule has 0 radical (unpaired) electrons. The minimum atomic E-state index is 0. The van der Waals surface area contributed by atoms with Crippen LogP contribution in [-0.2, 0) is 0 Å². The summed E-state index contributed by atoms with van der Waals surface area (Å²) in [5, 5.41) is 16.4. The maximum Gasteiger partial charge on any atom is 0.194 e. The van der Waals surface area contributed by atoms with Crippen molar-refractivity contribution in [2.75, 3.05) is 50.8 Å². The third-order valence-corrected chi connectivity index (χ3v) is 6.37. The van der Waals surface area contributed by atoms with E-state index < -0.39 is 0 Å². The minimum absolute atomic E-state index is 0. The second-order valence-corrected chi connectivity index (χ2v) is 7.70. The number of rotatable bonds is 8. The summed E-state index contributed by atoms with van der Waals surface area (Å²) in [6.45, 7) is 12.5. The van der Waals surface area contributed by atoms with E-state index in [1.165, 1.54) is 5.00 Å². The summed E-state index contributed by atoms with van der Waals surface area (Å²) in [7, 11) is 0. The molecule has 1 aliphatic rings. The van der Waals surface area contributed by atoms with Crippen molar-refractivity contribution >= 4 is 46.3 Å². The Labute approximate surface area is 179 Å². The van der Waals surface area contributed by atoms with Crippen LogP contribution in [0.2, 0.25) is 0 Å². The van der Waals surface area contributed by atoms with E-state index in [0.717, 1.165) is 64.5 Å². The van der Waals surface area contributed by atoms with Gasteiger partial charge in [-0.3, -0.25) is 4.99 Å². The zero-order valence-corrected chi connectivity index (χ0v) is 19.6. The van der Waals surface area contributed by atoms with Gasteiger partial charge in [0.15, 0.2) is 5.96 Å². The third kappa shape index (κ3) is 6.27. The average Bonchev–Trinajstić information content (AvgIpc) is 3.19. The largest absolute Gasteiger partial charge is 0.396 e. The van der Waals surface area contributed by atoms with Crippen LogP contribution in [0, 0.1) is 5.41 Å². The van der Waals surface area contributed by atoms with Crippen LogP contribution >= 0.6 is 35.3 Å². The van der Waals surface area contributed by atoms with Crippen molar-refractivity contribution in [3.8, 4) is 0 Å². The summed E-state index contributed by atoms with van der Waals surface area (Å²) < 4.78 is 0. The number of nitrogens with zero attached hydrogens (tertiary/aromatic N) is 3. The first kappa shape index (κ1) is 23.5. The average molecular weight is 494 g/mol. The maximum absolute atomic E-state index is 9.42. The normalized spacial score (nSPS) is 15.8. The van der Waals surface area contributed by atoms with Crippen molar-refractivity contribution in [1.82, 2.24) is 10.2 Å². The molecule has 0 bridgehead atoms. The number of halogens is 1. The Morgan fingerprint density at radius 1 is 1.23 bits per heavy atom. The van der Waals surface area contributed by atoms with Crippen LogP contribution in [0.3, 0.4) is 0 Å². The predicted octanol–water partition coefficient (Wildman–Crippen LogP) is 3.64. The fraction of sp³-hybridized carbons (Fsp3) is 0.737. The minimum Gasteiger partial charge on any atom is -0.396 e. The van der Waals surface area contributed by atoms with E-state index in [-0.39, 0.29) is 36.0 Å². The molecule has 2 N–H and O–H groups in total. The molecule has 5 nitrogen and oxygen atoms in total. The SMILES string of the molecule is CCNC(=NCC(CC)(CC)CCO)N1CCN(c2cccs2)CC1.I. The Morgan fingerprint density at radius 3 is 2.42 bits per heavy atom. The Morgan fingerprint density at radius 2 is 1.92 bits per heavy atom. The molecule has 0 saturated carbocycles. The zero-order chi connectivity index (χ0) is 18.1. The molecule has 0 spiro atoms. The topological polar surface area (TPSA) is 51.1 Å². The number of aliphatic hydroxyl groups excluding tert-OH is 1. The first-order chi connectivity index (χ1) is 12.2. The Kier molecular flexibility index (Phi) is 10.9. The smallest absolute Gasteiger partial charge is 0.194 e. The zero-order valence-electron chi connectivity index (χ0n) is 16.4. The Bertz CT molecular complexity index is 512. The molecule has 150 valence electrons. The molecule has 1 aromatic heterocycles. The Hall–Kier alpha value is -0.540. The van der Waals surface area contributed by atoms with Gasteiger partial charge >= 0.3 is 0 Å². The summed E-state index contributed by atoms with van der Waals surface area (Å²) in [4.78, 5) is 9.80. The number of aliphatic imine (C=N–C) groups is 1. The molecule has 0 atom stereocenters. The predicted molar refractivity (Wildman–Crippen MR) is 124 cm³/mol. The first-order valence-electron chi connectivity index (χ1n) is 9.60. The Balaban J connectivity index is 0.00000338.